The lowest BCUT2D eigenvalue weighted by atomic mass is 9.93. The Morgan fingerprint density at radius 1 is 1.07 bits per heavy atom. The van der Waals surface area contributed by atoms with E-state index in [4.69, 9.17) is 42.4 Å². The standard InChI is InChI=1S/C33H29BrCl2N2O5S/c1-4-8-25-29(32(40)42-5-2)30(22-17-21(34)12-14-27(22)41-3)38-31(39)28(44-33(38)37-25)16-20-9-6-7-10-26(20)43-18-19-11-13-23(35)24(36)15-19/h6-7,9-17,30H,4-5,8,18H2,1-3H3/b28-16+/t30-/m0/s1. The molecule has 0 aliphatic carbocycles. The van der Waals surface area contributed by atoms with Gasteiger partial charge in [0.25, 0.3) is 5.56 Å². The van der Waals surface area contributed by atoms with Crippen molar-refractivity contribution in [2.75, 3.05) is 13.7 Å². The number of carbonyl (C=O) groups is 1. The highest BCUT2D eigenvalue weighted by molar-refractivity contribution is 9.10. The van der Waals surface area contributed by atoms with Crippen LogP contribution in [0.25, 0.3) is 6.08 Å². The van der Waals surface area contributed by atoms with E-state index in [-0.39, 0.29) is 18.8 Å². The largest absolute Gasteiger partial charge is 0.496 e. The zero-order valence-electron chi connectivity index (χ0n) is 24.2. The zero-order chi connectivity index (χ0) is 31.4. The second kappa shape index (κ2) is 14.2. The Balaban J connectivity index is 1.66. The van der Waals surface area contributed by atoms with Crippen LogP contribution in [0, 0.1) is 0 Å². The van der Waals surface area contributed by atoms with Crippen LogP contribution in [0.5, 0.6) is 11.5 Å². The zero-order valence-corrected chi connectivity index (χ0v) is 28.1. The fourth-order valence-electron chi connectivity index (χ4n) is 5.00. The average Bonchev–Trinajstić information content (AvgIpc) is 3.32. The molecule has 5 rings (SSSR count). The van der Waals surface area contributed by atoms with Crippen molar-refractivity contribution in [3.8, 4) is 11.5 Å². The van der Waals surface area contributed by atoms with Gasteiger partial charge < -0.3 is 14.2 Å². The molecule has 0 fully saturated rings. The van der Waals surface area contributed by atoms with Crippen molar-refractivity contribution in [3.63, 3.8) is 0 Å². The molecule has 44 heavy (non-hydrogen) atoms. The molecule has 1 aliphatic heterocycles. The number of halogens is 3. The minimum atomic E-state index is -0.803. The number of benzene rings is 3. The van der Waals surface area contributed by atoms with Crippen LogP contribution in [0.15, 0.2) is 86.2 Å². The van der Waals surface area contributed by atoms with Gasteiger partial charge in [0.2, 0.25) is 0 Å². The predicted molar refractivity (Wildman–Crippen MR) is 178 cm³/mol. The van der Waals surface area contributed by atoms with Crippen LogP contribution in [-0.2, 0) is 16.1 Å². The number of para-hydroxylation sites is 1. The van der Waals surface area contributed by atoms with Gasteiger partial charge in [-0.15, -0.1) is 0 Å². The van der Waals surface area contributed by atoms with Crippen molar-refractivity contribution in [1.82, 2.24) is 4.57 Å². The SMILES string of the molecule is CCCC1=C(C(=O)OCC)[C@H](c2cc(Br)ccc2OC)n2c(s/c(=C/c3ccccc3OCc3ccc(Cl)c(Cl)c3)c2=O)=N1. The smallest absolute Gasteiger partial charge is 0.338 e. The number of carbonyl (C=O) groups excluding carboxylic acids is 1. The van der Waals surface area contributed by atoms with Crippen molar-refractivity contribution in [2.45, 2.75) is 39.3 Å². The van der Waals surface area contributed by atoms with Gasteiger partial charge in [0.05, 0.1) is 39.6 Å². The summed E-state index contributed by atoms with van der Waals surface area (Å²) in [6.45, 7) is 4.22. The van der Waals surface area contributed by atoms with Gasteiger partial charge in [-0.25, -0.2) is 9.79 Å². The van der Waals surface area contributed by atoms with E-state index < -0.39 is 12.0 Å². The summed E-state index contributed by atoms with van der Waals surface area (Å²) in [4.78, 5) is 33.1. The van der Waals surface area contributed by atoms with E-state index in [2.05, 4.69) is 15.9 Å². The monoisotopic (exact) mass is 714 g/mol. The first-order chi connectivity index (χ1) is 21.2. The van der Waals surface area contributed by atoms with Gasteiger partial charge in [-0.2, -0.15) is 0 Å². The molecule has 228 valence electrons. The molecule has 4 aromatic rings. The molecule has 0 saturated heterocycles. The molecule has 0 spiro atoms. The molecule has 7 nitrogen and oxygen atoms in total. The van der Waals surface area contributed by atoms with Gasteiger partial charge in [0, 0.05) is 15.6 Å². The maximum atomic E-state index is 14.2. The number of esters is 1. The number of methoxy groups -OCH3 is 1. The minimum Gasteiger partial charge on any atom is -0.496 e. The highest BCUT2D eigenvalue weighted by Gasteiger charge is 2.36. The maximum Gasteiger partial charge on any atom is 0.338 e. The van der Waals surface area contributed by atoms with E-state index in [0.717, 1.165) is 16.5 Å². The predicted octanol–water partition coefficient (Wildman–Crippen LogP) is 7.24. The molecule has 1 aliphatic rings. The Labute approximate surface area is 277 Å². The number of hydrogen-bond donors (Lipinski definition) is 0. The van der Waals surface area contributed by atoms with Crippen LogP contribution in [0.3, 0.4) is 0 Å². The molecule has 0 amide bonds. The first kappa shape index (κ1) is 32.0. The van der Waals surface area contributed by atoms with Crippen molar-refractivity contribution in [1.29, 1.82) is 0 Å². The second-order valence-corrected chi connectivity index (χ2v) is 12.6. The van der Waals surface area contributed by atoms with Crippen LogP contribution in [-0.4, -0.2) is 24.3 Å². The van der Waals surface area contributed by atoms with Gasteiger partial charge in [-0.1, -0.05) is 88.1 Å². The Morgan fingerprint density at radius 3 is 2.59 bits per heavy atom. The first-order valence-corrected chi connectivity index (χ1v) is 16.3. The maximum absolute atomic E-state index is 14.2. The lowest BCUT2D eigenvalue weighted by Crippen LogP contribution is -2.40. The topological polar surface area (TPSA) is 79.1 Å². The van der Waals surface area contributed by atoms with E-state index in [1.54, 1.807) is 42.9 Å². The number of rotatable bonds is 10. The number of aromatic nitrogens is 1. The van der Waals surface area contributed by atoms with E-state index in [1.807, 2.05) is 49.4 Å². The summed E-state index contributed by atoms with van der Waals surface area (Å²) >= 11 is 17.0. The Kier molecular flexibility index (Phi) is 10.3. The molecule has 11 heteroatoms. The third-order valence-corrected chi connectivity index (χ3v) is 9.18. The lowest BCUT2D eigenvalue weighted by Gasteiger charge is -2.27. The number of ether oxygens (including phenoxy) is 3. The highest BCUT2D eigenvalue weighted by Crippen LogP contribution is 2.38. The molecule has 0 N–H and O–H groups in total. The van der Waals surface area contributed by atoms with Gasteiger partial charge in [-0.3, -0.25) is 9.36 Å². The summed E-state index contributed by atoms with van der Waals surface area (Å²) in [5, 5.41) is 0.918. The van der Waals surface area contributed by atoms with Crippen LogP contribution >= 0.6 is 50.5 Å². The van der Waals surface area contributed by atoms with Crippen molar-refractivity contribution < 1.29 is 19.0 Å². The summed E-state index contributed by atoms with van der Waals surface area (Å²) in [5.41, 5.74) is 2.84. The molecular weight excluding hydrogens is 687 g/mol. The van der Waals surface area contributed by atoms with Crippen molar-refractivity contribution >= 4 is 62.5 Å². The summed E-state index contributed by atoms with van der Waals surface area (Å²) in [6, 6.07) is 17.5. The minimum absolute atomic E-state index is 0.188. The molecule has 0 unspecified atom stereocenters. The summed E-state index contributed by atoms with van der Waals surface area (Å²) in [7, 11) is 1.56. The highest BCUT2D eigenvalue weighted by atomic mass is 79.9. The van der Waals surface area contributed by atoms with Crippen molar-refractivity contribution in [2.24, 2.45) is 4.99 Å². The quantitative estimate of drug-likeness (QED) is 0.162. The number of nitrogens with zero attached hydrogens (tertiary/aromatic N) is 2. The average molecular weight is 716 g/mol. The van der Waals surface area contributed by atoms with E-state index in [0.29, 0.717) is 59.7 Å². The fraction of sp³-hybridized carbons (Fsp3) is 0.242. The number of thiazole rings is 1. The third kappa shape index (κ3) is 6.66. The summed E-state index contributed by atoms with van der Waals surface area (Å²) in [5.74, 6) is 0.615. The van der Waals surface area contributed by atoms with Gasteiger partial charge in [0.1, 0.15) is 24.1 Å². The number of hydrogen-bond acceptors (Lipinski definition) is 7. The molecule has 0 bridgehead atoms. The fourth-order valence-corrected chi connectivity index (χ4v) is 6.71. The Morgan fingerprint density at radius 2 is 1.86 bits per heavy atom. The van der Waals surface area contributed by atoms with Crippen LogP contribution < -0.4 is 24.4 Å². The van der Waals surface area contributed by atoms with Gasteiger partial charge >= 0.3 is 5.97 Å². The lowest BCUT2D eigenvalue weighted by molar-refractivity contribution is -0.139. The van der Waals surface area contributed by atoms with Crippen molar-refractivity contribution in [3.05, 3.63) is 123 Å². The van der Waals surface area contributed by atoms with E-state index >= 15 is 0 Å². The Hall–Kier alpha value is -3.37. The molecule has 1 atom stereocenters. The Bertz CT molecular complexity index is 1930. The van der Waals surface area contributed by atoms with E-state index in [1.165, 1.54) is 11.3 Å². The molecule has 3 aromatic carbocycles. The number of allylic oxidation sites excluding steroid dienone is 1. The molecule has 0 saturated carbocycles. The molecule has 0 radical (unpaired) electrons. The molecular formula is C33H29BrCl2N2O5S. The van der Waals surface area contributed by atoms with Gasteiger partial charge in [0.15, 0.2) is 4.80 Å². The second-order valence-electron chi connectivity index (χ2n) is 9.87. The van der Waals surface area contributed by atoms with Crippen LogP contribution in [0.4, 0.5) is 0 Å². The van der Waals surface area contributed by atoms with Crippen LogP contribution in [0.1, 0.15) is 49.4 Å². The summed E-state index contributed by atoms with van der Waals surface area (Å²) < 4.78 is 20.1. The first-order valence-electron chi connectivity index (χ1n) is 14.0. The normalized spacial score (nSPS) is 14.7. The van der Waals surface area contributed by atoms with E-state index in [9.17, 15) is 9.59 Å². The molecule has 2 heterocycles. The third-order valence-electron chi connectivity index (χ3n) is 6.96. The summed E-state index contributed by atoms with van der Waals surface area (Å²) in [6.07, 6.45) is 3.08. The number of fused-ring (bicyclic) bond motifs is 1. The van der Waals surface area contributed by atoms with Gasteiger partial charge in [-0.05, 0) is 61.4 Å². The van der Waals surface area contributed by atoms with Crippen LogP contribution in [0.2, 0.25) is 10.0 Å². The molecule has 1 aromatic heterocycles.